The Kier molecular flexibility index (Phi) is 11.1. The number of benzene rings is 2. The van der Waals surface area contributed by atoms with Crippen LogP contribution in [0.3, 0.4) is 0 Å². The summed E-state index contributed by atoms with van der Waals surface area (Å²) in [6.45, 7) is 10.2. The summed E-state index contributed by atoms with van der Waals surface area (Å²) in [4.78, 5) is 31.6. The van der Waals surface area contributed by atoms with Crippen molar-refractivity contribution in [2.24, 2.45) is 11.8 Å². The Morgan fingerprint density at radius 2 is 1.63 bits per heavy atom. The molecule has 1 saturated carbocycles. The molecule has 2 aromatic carbocycles. The van der Waals surface area contributed by atoms with Gasteiger partial charge in [-0.15, -0.1) is 0 Å². The van der Waals surface area contributed by atoms with E-state index in [-0.39, 0.29) is 35.6 Å². The maximum Gasteiger partial charge on any atom is 0.254 e. The van der Waals surface area contributed by atoms with Gasteiger partial charge in [0.2, 0.25) is 5.91 Å². The van der Waals surface area contributed by atoms with Gasteiger partial charge >= 0.3 is 0 Å². The van der Waals surface area contributed by atoms with Crippen molar-refractivity contribution >= 4 is 11.8 Å². The van der Waals surface area contributed by atoms with Crippen molar-refractivity contribution in [2.75, 3.05) is 53.6 Å². The molecule has 1 saturated heterocycles. The number of nitrogens with zero attached hydrogens (tertiary/aromatic N) is 2. The predicted molar refractivity (Wildman–Crippen MR) is 161 cm³/mol. The highest BCUT2D eigenvalue weighted by Crippen LogP contribution is 2.34. The van der Waals surface area contributed by atoms with Gasteiger partial charge in [0.25, 0.3) is 5.91 Å². The Hall–Kier alpha value is -3.10. The lowest BCUT2D eigenvalue weighted by atomic mass is 9.92. The molecule has 1 aliphatic carbocycles. The van der Waals surface area contributed by atoms with E-state index >= 15 is 0 Å². The summed E-state index contributed by atoms with van der Waals surface area (Å²) in [5.41, 5.74) is 1.64. The van der Waals surface area contributed by atoms with Gasteiger partial charge in [-0.25, -0.2) is 0 Å². The molecule has 8 heteroatoms. The fourth-order valence-electron chi connectivity index (χ4n) is 5.66. The average molecular weight is 566 g/mol. The van der Waals surface area contributed by atoms with Crippen molar-refractivity contribution in [1.82, 2.24) is 15.1 Å². The van der Waals surface area contributed by atoms with E-state index in [2.05, 4.69) is 24.1 Å². The molecule has 2 amide bonds. The topological polar surface area (TPSA) is 80.3 Å². The van der Waals surface area contributed by atoms with E-state index in [1.807, 2.05) is 42.2 Å². The predicted octanol–water partition coefficient (Wildman–Crippen LogP) is 4.59. The number of nitrogens with one attached hydrogen (secondary N) is 1. The van der Waals surface area contributed by atoms with Crippen LogP contribution in [-0.2, 0) is 9.53 Å². The maximum absolute atomic E-state index is 13.8. The molecular formula is C33H47N3O5. The van der Waals surface area contributed by atoms with E-state index in [1.165, 1.54) is 0 Å². The number of hydrogen-bond donors (Lipinski definition) is 1. The van der Waals surface area contributed by atoms with Gasteiger partial charge in [0.15, 0.2) is 11.5 Å². The quantitative estimate of drug-likeness (QED) is 0.318. The Labute approximate surface area is 245 Å². The van der Waals surface area contributed by atoms with Gasteiger partial charge in [-0.05, 0) is 69.2 Å². The third-order valence-electron chi connectivity index (χ3n) is 8.33. The van der Waals surface area contributed by atoms with Gasteiger partial charge in [0.05, 0.1) is 19.6 Å². The van der Waals surface area contributed by atoms with Crippen LogP contribution >= 0.6 is 0 Å². The summed E-state index contributed by atoms with van der Waals surface area (Å²) < 4.78 is 16.5. The Morgan fingerprint density at radius 3 is 2.27 bits per heavy atom. The lowest BCUT2D eigenvalue weighted by Gasteiger charge is -2.34. The van der Waals surface area contributed by atoms with E-state index in [1.54, 1.807) is 32.4 Å². The summed E-state index contributed by atoms with van der Waals surface area (Å²) in [6, 6.07) is 15.8. The molecule has 8 nitrogen and oxygen atoms in total. The van der Waals surface area contributed by atoms with Gasteiger partial charge < -0.3 is 29.3 Å². The molecule has 3 atom stereocenters. The normalized spacial score (nSPS) is 19.2. The molecule has 1 aliphatic heterocycles. The number of carbonyl (C=O) groups is 2. The van der Waals surface area contributed by atoms with Crippen LogP contribution in [0.4, 0.5) is 0 Å². The second-order valence-electron chi connectivity index (χ2n) is 11.6. The zero-order valence-corrected chi connectivity index (χ0v) is 25.3. The minimum Gasteiger partial charge on any atom is -0.493 e. The number of amides is 2. The van der Waals surface area contributed by atoms with Crippen LogP contribution in [0.25, 0.3) is 0 Å². The molecule has 2 fully saturated rings. The molecule has 4 rings (SSSR count). The lowest BCUT2D eigenvalue weighted by molar-refractivity contribution is -0.133. The summed E-state index contributed by atoms with van der Waals surface area (Å²) in [5, 5.41) is 3.54. The molecule has 1 heterocycles. The molecule has 0 bridgehead atoms. The van der Waals surface area contributed by atoms with Crippen LogP contribution in [0.5, 0.6) is 11.5 Å². The van der Waals surface area contributed by atoms with E-state index < -0.39 is 0 Å². The second kappa shape index (κ2) is 14.7. The standard InChI is InChI=1S/C33H47N3O5/c1-23(2)35(33(38)26-12-15-30(40-5)31(18-26)41-17-9-16-39-4)21-27-19-34-20-28(27)22-36(29-13-14-29)32(37)24(3)25-10-7-6-8-11-25/h6-8,10-12,15,18,23-24,27-29,34H,9,13-14,16-17,19-22H2,1-5H3/t24-,27-,28+/m0/s1. The molecular weight excluding hydrogens is 518 g/mol. The van der Waals surface area contributed by atoms with Crippen molar-refractivity contribution in [1.29, 1.82) is 0 Å². The smallest absolute Gasteiger partial charge is 0.254 e. The number of rotatable bonds is 15. The molecule has 0 spiro atoms. The summed E-state index contributed by atoms with van der Waals surface area (Å²) in [5.74, 6) is 1.71. The van der Waals surface area contributed by atoms with Crippen LogP contribution < -0.4 is 14.8 Å². The first-order chi connectivity index (χ1) is 19.8. The molecule has 0 unspecified atom stereocenters. The Bertz CT molecular complexity index is 1140. The van der Waals surface area contributed by atoms with Crippen LogP contribution in [-0.4, -0.2) is 87.3 Å². The number of methoxy groups -OCH3 is 2. The van der Waals surface area contributed by atoms with Crippen LogP contribution in [0, 0.1) is 11.8 Å². The fourth-order valence-corrected chi connectivity index (χ4v) is 5.66. The van der Waals surface area contributed by atoms with Gasteiger partial charge in [-0.3, -0.25) is 9.59 Å². The van der Waals surface area contributed by atoms with Crippen LogP contribution in [0.1, 0.15) is 61.9 Å². The van der Waals surface area contributed by atoms with Gasteiger partial charge in [-0.1, -0.05) is 30.3 Å². The zero-order valence-electron chi connectivity index (χ0n) is 25.3. The maximum atomic E-state index is 13.8. The molecule has 41 heavy (non-hydrogen) atoms. The second-order valence-corrected chi connectivity index (χ2v) is 11.6. The van der Waals surface area contributed by atoms with Crippen molar-refractivity contribution in [2.45, 2.75) is 58.0 Å². The van der Waals surface area contributed by atoms with E-state index in [9.17, 15) is 9.59 Å². The molecule has 0 radical (unpaired) electrons. The highest BCUT2D eigenvalue weighted by Gasteiger charge is 2.39. The first-order valence-electron chi connectivity index (χ1n) is 15.0. The third kappa shape index (κ3) is 8.01. The minimum atomic E-state index is -0.167. The zero-order chi connectivity index (χ0) is 29.4. The summed E-state index contributed by atoms with van der Waals surface area (Å²) in [6.07, 6.45) is 2.89. The average Bonchev–Trinajstić information content (AvgIpc) is 3.74. The van der Waals surface area contributed by atoms with Crippen LogP contribution in [0.2, 0.25) is 0 Å². The molecule has 2 aromatic rings. The Balaban J connectivity index is 1.45. The molecule has 0 aromatic heterocycles. The molecule has 2 aliphatic rings. The molecule has 224 valence electrons. The van der Waals surface area contributed by atoms with Crippen molar-refractivity contribution in [3.63, 3.8) is 0 Å². The van der Waals surface area contributed by atoms with E-state index in [4.69, 9.17) is 14.2 Å². The first kappa shape index (κ1) is 30.8. The number of carbonyl (C=O) groups excluding carboxylic acids is 2. The highest BCUT2D eigenvalue weighted by molar-refractivity contribution is 5.95. The van der Waals surface area contributed by atoms with E-state index in [0.717, 1.165) is 44.5 Å². The van der Waals surface area contributed by atoms with Gasteiger partial charge in [0.1, 0.15) is 0 Å². The van der Waals surface area contributed by atoms with Crippen LogP contribution in [0.15, 0.2) is 48.5 Å². The monoisotopic (exact) mass is 565 g/mol. The summed E-state index contributed by atoms with van der Waals surface area (Å²) >= 11 is 0. The lowest BCUT2D eigenvalue weighted by Crippen LogP contribution is -2.45. The van der Waals surface area contributed by atoms with Crippen molar-refractivity contribution in [3.05, 3.63) is 59.7 Å². The number of ether oxygens (including phenoxy) is 3. The minimum absolute atomic E-state index is 0.0243. The molecule has 1 N–H and O–H groups in total. The van der Waals surface area contributed by atoms with Gasteiger partial charge in [0, 0.05) is 64.0 Å². The van der Waals surface area contributed by atoms with E-state index in [0.29, 0.717) is 42.9 Å². The van der Waals surface area contributed by atoms with Crippen molar-refractivity contribution in [3.8, 4) is 11.5 Å². The fraction of sp³-hybridized carbons (Fsp3) is 0.576. The summed E-state index contributed by atoms with van der Waals surface area (Å²) in [7, 11) is 3.26. The SMILES string of the molecule is COCCCOc1cc(C(=O)N(C[C@@H]2CNC[C@@H]2CN(C(=O)[C@@H](C)c2ccccc2)C2CC2)C(C)C)ccc1OC. The first-order valence-corrected chi connectivity index (χ1v) is 15.0. The van der Waals surface area contributed by atoms with Gasteiger partial charge in [-0.2, -0.15) is 0 Å². The third-order valence-corrected chi connectivity index (χ3v) is 8.33. The highest BCUT2D eigenvalue weighted by atomic mass is 16.5. The largest absolute Gasteiger partial charge is 0.493 e. The Morgan fingerprint density at radius 1 is 0.927 bits per heavy atom. The number of hydrogen-bond acceptors (Lipinski definition) is 6. The van der Waals surface area contributed by atoms with Crippen molar-refractivity contribution < 1.29 is 23.8 Å².